The van der Waals surface area contributed by atoms with Gasteiger partial charge < -0.3 is 10.6 Å². The lowest BCUT2D eigenvalue weighted by Crippen LogP contribution is -2.52. The van der Waals surface area contributed by atoms with Crippen molar-refractivity contribution in [2.45, 2.75) is 18.9 Å². The van der Waals surface area contributed by atoms with Gasteiger partial charge in [-0.25, -0.2) is 0 Å². The molecule has 1 unspecified atom stereocenters. The molecule has 0 amide bonds. The zero-order valence-electron chi connectivity index (χ0n) is 10.0. The molecule has 17 heavy (non-hydrogen) atoms. The van der Waals surface area contributed by atoms with Gasteiger partial charge in [0.25, 0.3) is 0 Å². The quantitative estimate of drug-likeness (QED) is 0.825. The van der Waals surface area contributed by atoms with E-state index in [0.29, 0.717) is 5.96 Å². The summed E-state index contributed by atoms with van der Waals surface area (Å²) >= 11 is 2.01. The standard InChI is InChI=1S/C13H17N3S/c1-10-4-2-3-5-11(10)16-12(14)15-8-13(16)6-7-17-9-13/h2-5H,6-9H2,1H3,(H2,14,15). The van der Waals surface area contributed by atoms with Gasteiger partial charge in [-0.3, -0.25) is 4.99 Å². The lowest BCUT2D eigenvalue weighted by molar-refractivity contribution is 0.515. The van der Waals surface area contributed by atoms with Crippen molar-refractivity contribution < 1.29 is 0 Å². The molecule has 90 valence electrons. The molecular formula is C13H17N3S. The normalized spacial score (nSPS) is 27.8. The molecule has 0 aromatic heterocycles. The highest BCUT2D eigenvalue weighted by Gasteiger charge is 2.45. The molecule has 3 rings (SSSR count). The van der Waals surface area contributed by atoms with Gasteiger partial charge in [0.15, 0.2) is 5.96 Å². The maximum atomic E-state index is 6.10. The molecule has 2 aliphatic heterocycles. The summed E-state index contributed by atoms with van der Waals surface area (Å²) in [4.78, 5) is 6.74. The van der Waals surface area contributed by atoms with Crippen molar-refractivity contribution in [2.75, 3.05) is 23.0 Å². The lowest BCUT2D eigenvalue weighted by atomic mass is 9.96. The highest BCUT2D eigenvalue weighted by atomic mass is 32.2. The molecule has 0 saturated carbocycles. The first-order valence-electron chi connectivity index (χ1n) is 5.96. The average Bonchev–Trinajstić information content (AvgIpc) is 2.90. The van der Waals surface area contributed by atoms with Crippen LogP contribution in [-0.4, -0.2) is 29.5 Å². The van der Waals surface area contributed by atoms with Crippen LogP contribution in [0.2, 0.25) is 0 Å². The second kappa shape index (κ2) is 3.95. The molecule has 0 aliphatic carbocycles. The van der Waals surface area contributed by atoms with Gasteiger partial charge in [0, 0.05) is 11.4 Å². The molecule has 1 aromatic rings. The van der Waals surface area contributed by atoms with Gasteiger partial charge in [-0.1, -0.05) is 18.2 Å². The number of guanidine groups is 1. The van der Waals surface area contributed by atoms with Crippen LogP contribution in [0.4, 0.5) is 5.69 Å². The Hall–Kier alpha value is -1.16. The number of para-hydroxylation sites is 1. The van der Waals surface area contributed by atoms with E-state index in [2.05, 4.69) is 41.1 Å². The van der Waals surface area contributed by atoms with E-state index < -0.39 is 0 Å². The SMILES string of the molecule is Cc1ccccc1N1C(N)=NCC12CCSC2. The zero-order valence-corrected chi connectivity index (χ0v) is 10.8. The monoisotopic (exact) mass is 247 g/mol. The largest absolute Gasteiger partial charge is 0.369 e. The summed E-state index contributed by atoms with van der Waals surface area (Å²) in [6.07, 6.45) is 1.18. The Bertz CT molecular complexity index is 463. The fraction of sp³-hybridized carbons (Fsp3) is 0.462. The highest BCUT2D eigenvalue weighted by Crippen LogP contribution is 2.40. The maximum absolute atomic E-state index is 6.10. The smallest absolute Gasteiger partial charge is 0.196 e. The molecule has 1 saturated heterocycles. The number of aliphatic imine (C=N–C) groups is 1. The Kier molecular flexibility index (Phi) is 2.54. The van der Waals surface area contributed by atoms with Crippen LogP contribution in [0.1, 0.15) is 12.0 Å². The molecule has 1 spiro atoms. The molecule has 3 nitrogen and oxygen atoms in total. The van der Waals surface area contributed by atoms with Crippen molar-refractivity contribution in [1.82, 2.24) is 0 Å². The molecule has 0 radical (unpaired) electrons. The summed E-state index contributed by atoms with van der Waals surface area (Å²) in [6.45, 7) is 2.98. The lowest BCUT2D eigenvalue weighted by Gasteiger charge is -2.36. The van der Waals surface area contributed by atoms with Crippen LogP contribution in [0.25, 0.3) is 0 Å². The van der Waals surface area contributed by atoms with E-state index in [1.807, 2.05) is 11.8 Å². The summed E-state index contributed by atoms with van der Waals surface area (Å²) < 4.78 is 0. The Balaban J connectivity index is 2.05. The first-order valence-corrected chi connectivity index (χ1v) is 7.12. The van der Waals surface area contributed by atoms with E-state index in [4.69, 9.17) is 5.73 Å². The minimum Gasteiger partial charge on any atom is -0.369 e. The van der Waals surface area contributed by atoms with Crippen molar-refractivity contribution in [3.63, 3.8) is 0 Å². The molecule has 0 bridgehead atoms. The second-order valence-corrected chi connectivity index (χ2v) is 5.93. The van der Waals surface area contributed by atoms with Gasteiger partial charge >= 0.3 is 0 Å². The molecule has 2 aliphatic rings. The molecular weight excluding hydrogens is 230 g/mol. The van der Waals surface area contributed by atoms with Crippen molar-refractivity contribution in [2.24, 2.45) is 10.7 Å². The van der Waals surface area contributed by atoms with Gasteiger partial charge in [-0.15, -0.1) is 0 Å². The van der Waals surface area contributed by atoms with Crippen molar-refractivity contribution in [3.8, 4) is 0 Å². The van der Waals surface area contributed by atoms with E-state index in [1.165, 1.54) is 23.4 Å². The van der Waals surface area contributed by atoms with Gasteiger partial charge in [0.2, 0.25) is 0 Å². The second-order valence-electron chi connectivity index (χ2n) is 4.82. The van der Waals surface area contributed by atoms with Crippen molar-refractivity contribution in [3.05, 3.63) is 29.8 Å². The Morgan fingerprint density at radius 3 is 2.94 bits per heavy atom. The van der Waals surface area contributed by atoms with Crippen molar-refractivity contribution in [1.29, 1.82) is 0 Å². The number of hydrogen-bond acceptors (Lipinski definition) is 4. The number of nitrogens with zero attached hydrogens (tertiary/aromatic N) is 2. The number of benzene rings is 1. The van der Waals surface area contributed by atoms with Crippen LogP contribution in [0, 0.1) is 6.92 Å². The van der Waals surface area contributed by atoms with E-state index in [-0.39, 0.29) is 5.54 Å². The summed E-state index contributed by atoms with van der Waals surface area (Å²) in [5.74, 6) is 3.03. The first-order chi connectivity index (χ1) is 8.23. The average molecular weight is 247 g/mol. The predicted octanol–water partition coefficient (Wildman–Crippen LogP) is 2.01. The fourth-order valence-corrected chi connectivity index (χ4v) is 4.12. The zero-order chi connectivity index (χ0) is 11.9. The van der Waals surface area contributed by atoms with Gasteiger partial charge in [0.05, 0.1) is 12.1 Å². The van der Waals surface area contributed by atoms with E-state index in [9.17, 15) is 0 Å². The topological polar surface area (TPSA) is 41.6 Å². The third-order valence-electron chi connectivity index (χ3n) is 3.68. The van der Waals surface area contributed by atoms with Crippen LogP contribution >= 0.6 is 11.8 Å². The summed E-state index contributed by atoms with van der Waals surface area (Å²) in [5.41, 5.74) is 8.72. The third kappa shape index (κ3) is 1.62. The number of hydrogen-bond donors (Lipinski definition) is 1. The summed E-state index contributed by atoms with van der Waals surface area (Å²) in [5, 5.41) is 0. The molecule has 1 atom stereocenters. The van der Waals surface area contributed by atoms with Crippen LogP contribution < -0.4 is 10.6 Å². The molecule has 1 aromatic carbocycles. The number of nitrogens with two attached hydrogens (primary N) is 1. The first kappa shape index (κ1) is 11.0. The van der Waals surface area contributed by atoms with E-state index in [0.717, 1.165) is 12.3 Å². The van der Waals surface area contributed by atoms with Gasteiger partial charge in [-0.05, 0) is 30.7 Å². The van der Waals surface area contributed by atoms with Gasteiger partial charge in [-0.2, -0.15) is 11.8 Å². The van der Waals surface area contributed by atoms with E-state index in [1.54, 1.807) is 0 Å². The molecule has 2 heterocycles. The van der Waals surface area contributed by atoms with E-state index >= 15 is 0 Å². The number of aryl methyl sites for hydroxylation is 1. The van der Waals surface area contributed by atoms with Crippen LogP contribution in [0.15, 0.2) is 29.3 Å². The van der Waals surface area contributed by atoms with Gasteiger partial charge in [0.1, 0.15) is 0 Å². The third-order valence-corrected chi connectivity index (χ3v) is 4.91. The summed E-state index contributed by atoms with van der Waals surface area (Å²) in [7, 11) is 0. The Labute approximate surface area is 106 Å². The highest BCUT2D eigenvalue weighted by molar-refractivity contribution is 7.99. The number of anilines is 1. The number of thioether (sulfide) groups is 1. The molecule has 1 fully saturated rings. The van der Waals surface area contributed by atoms with Crippen molar-refractivity contribution >= 4 is 23.4 Å². The summed E-state index contributed by atoms with van der Waals surface area (Å²) in [6, 6.07) is 8.42. The minimum absolute atomic E-state index is 0.140. The van der Waals surface area contributed by atoms with Crippen LogP contribution in [-0.2, 0) is 0 Å². The van der Waals surface area contributed by atoms with Crippen LogP contribution in [0.3, 0.4) is 0 Å². The maximum Gasteiger partial charge on any atom is 0.196 e. The molecule has 4 heteroatoms. The molecule has 2 N–H and O–H groups in total. The fourth-order valence-electron chi connectivity index (χ4n) is 2.70. The Morgan fingerprint density at radius 1 is 1.41 bits per heavy atom. The predicted molar refractivity (Wildman–Crippen MR) is 74.8 cm³/mol. The minimum atomic E-state index is 0.140. The Morgan fingerprint density at radius 2 is 2.24 bits per heavy atom. The number of rotatable bonds is 1. The van der Waals surface area contributed by atoms with Crippen LogP contribution in [0.5, 0.6) is 0 Å².